The molecule has 0 saturated carbocycles. The molecule has 1 rings (SSSR count). The van der Waals surface area contributed by atoms with Gasteiger partial charge in [0, 0.05) is 0 Å². The molecule has 0 unspecified atom stereocenters. The molecule has 0 atom stereocenters. The van der Waals surface area contributed by atoms with Crippen molar-refractivity contribution in [2.24, 2.45) is 0 Å². The number of halogens is 4. The summed E-state index contributed by atoms with van der Waals surface area (Å²) in [4.78, 5) is 3.77. The molecule has 0 aliphatic carbocycles. The maximum atomic E-state index is 12.9. The quantitative estimate of drug-likeness (QED) is 0.253. The van der Waals surface area contributed by atoms with Crippen molar-refractivity contribution in [3.63, 3.8) is 0 Å². The highest BCUT2D eigenvalue weighted by Gasteiger charge is 2.29. The highest BCUT2D eigenvalue weighted by atomic mass is 35.5. The normalized spacial score (nSPS) is 11.7. The van der Waals surface area contributed by atoms with Crippen molar-refractivity contribution in [2.75, 3.05) is 18.3 Å². The van der Waals surface area contributed by atoms with Gasteiger partial charge in [0.05, 0.1) is 18.9 Å². The predicted molar refractivity (Wildman–Crippen MR) is 97.2 cm³/mol. The van der Waals surface area contributed by atoms with Gasteiger partial charge in [-0.2, -0.15) is 0 Å². The molecule has 1 heterocycles. The molecule has 5 nitrogen and oxygen atoms in total. The Morgan fingerprint density at radius 1 is 0.957 bits per heavy atom. The predicted octanol–water partition coefficient (Wildman–Crippen LogP) is 6.85. The molecule has 132 valence electrons. The maximum Gasteiger partial charge on any atom is 0.432 e. The smallest absolute Gasteiger partial charge is 0.292 e. The van der Waals surface area contributed by atoms with Crippen LogP contribution in [0.15, 0.2) is 0 Å². The zero-order valence-corrected chi connectivity index (χ0v) is 16.8. The van der Waals surface area contributed by atoms with Crippen LogP contribution in [0.3, 0.4) is 0 Å². The van der Waals surface area contributed by atoms with Gasteiger partial charge in [0.1, 0.15) is 10.0 Å². The van der Waals surface area contributed by atoms with Gasteiger partial charge >= 0.3 is 7.75 Å². The van der Waals surface area contributed by atoms with E-state index in [4.69, 9.17) is 55.5 Å². The van der Waals surface area contributed by atoms with Crippen molar-refractivity contribution in [2.45, 2.75) is 39.5 Å². The Balaban J connectivity index is 3.02. The molecule has 0 saturated heterocycles. The summed E-state index contributed by atoms with van der Waals surface area (Å²) in [6.45, 7) is 4.54. The molecule has 0 amide bonds. The van der Waals surface area contributed by atoms with Gasteiger partial charge in [0.15, 0.2) is 10.3 Å². The summed E-state index contributed by atoms with van der Waals surface area (Å²) in [5.74, 6) is 0. The molecule has 0 aliphatic heterocycles. The van der Waals surface area contributed by atoms with Crippen LogP contribution in [-0.4, -0.2) is 18.2 Å². The molecular formula is C13H19Cl4N2O3P. The van der Waals surface area contributed by atoms with Gasteiger partial charge in [-0.15, -0.1) is 0 Å². The third-order valence-electron chi connectivity index (χ3n) is 2.76. The van der Waals surface area contributed by atoms with Gasteiger partial charge in [-0.1, -0.05) is 73.1 Å². The lowest BCUT2D eigenvalue weighted by Crippen LogP contribution is -2.08. The molecule has 0 spiro atoms. The summed E-state index contributed by atoms with van der Waals surface area (Å²) in [5.41, 5.74) is 0.0784. The minimum Gasteiger partial charge on any atom is -0.292 e. The number of nitrogens with zero attached hydrogens (tertiary/aromatic N) is 1. The Morgan fingerprint density at radius 3 is 1.78 bits per heavy atom. The zero-order valence-electron chi connectivity index (χ0n) is 12.9. The molecule has 0 radical (unpaired) electrons. The van der Waals surface area contributed by atoms with Gasteiger partial charge < -0.3 is 0 Å². The average molecular weight is 424 g/mol. The Labute approximate surface area is 156 Å². The molecule has 23 heavy (non-hydrogen) atoms. The van der Waals surface area contributed by atoms with Crippen molar-refractivity contribution in [3.8, 4) is 0 Å². The lowest BCUT2D eigenvalue weighted by molar-refractivity contribution is 0.204. The number of hydrogen-bond acceptors (Lipinski definition) is 4. The summed E-state index contributed by atoms with van der Waals surface area (Å²) in [6.07, 6.45) is 3.26. The van der Waals surface area contributed by atoms with E-state index in [0.717, 1.165) is 25.7 Å². The van der Waals surface area contributed by atoms with E-state index in [-0.39, 0.29) is 39.3 Å². The SMILES string of the molecule is CCCCOP(=O)(Nc1c(Cl)c(Cl)nc(Cl)c1Cl)OCCCC. The fourth-order valence-corrected chi connectivity index (χ4v) is 3.87. The number of pyridine rings is 1. The second kappa shape index (κ2) is 10.3. The van der Waals surface area contributed by atoms with Crippen LogP contribution < -0.4 is 5.09 Å². The third kappa shape index (κ3) is 6.58. The van der Waals surface area contributed by atoms with Crippen molar-refractivity contribution in [1.29, 1.82) is 0 Å². The number of hydrogen-bond donors (Lipinski definition) is 1. The van der Waals surface area contributed by atoms with Crippen LogP contribution in [-0.2, 0) is 13.6 Å². The van der Waals surface area contributed by atoms with E-state index in [1.54, 1.807) is 0 Å². The van der Waals surface area contributed by atoms with Crippen LogP contribution in [0.1, 0.15) is 39.5 Å². The monoisotopic (exact) mass is 422 g/mol. The number of anilines is 1. The second-order valence-corrected chi connectivity index (χ2v) is 7.89. The first-order valence-electron chi connectivity index (χ1n) is 7.22. The summed E-state index contributed by atoms with van der Waals surface area (Å²) in [6, 6.07) is 0. The van der Waals surface area contributed by atoms with Crippen LogP contribution in [0.2, 0.25) is 20.4 Å². The summed E-state index contributed by atoms with van der Waals surface area (Å²) < 4.78 is 23.7. The van der Waals surface area contributed by atoms with Gasteiger partial charge in [0.2, 0.25) is 0 Å². The Morgan fingerprint density at radius 2 is 1.39 bits per heavy atom. The van der Waals surface area contributed by atoms with E-state index in [0.29, 0.717) is 0 Å². The minimum atomic E-state index is -3.66. The number of nitrogens with one attached hydrogen (secondary N) is 1. The van der Waals surface area contributed by atoms with E-state index in [1.807, 2.05) is 13.8 Å². The lowest BCUT2D eigenvalue weighted by atomic mass is 10.4. The van der Waals surface area contributed by atoms with Crippen molar-refractivity contribution in [3.05, 3.63) is 20.4 Å². The van der Waals surface area contributed by atoms with E-state index in [9.17, 15) is 4.57 Å². The Bertz CT molecular complexity index is 534. The Hall–Kier alpha value is 0.260. The fourth-order valence-electron chi connectivity index (χ4n) is 1.48. The summed E-state index contributed by atoms with van der Waals surface area (Å²) in [5, 5.41) is 2.51. The molecule has 0 aliphatic rings. The first kappa shape index (κ1) is 21.3. The number of aromatic nitrogens is 1. The first-order chi connectivity index (χ1) is 10.8. The van der Waals surface area contributed by atoms with Crippen LogP contribution in [0.4, 0.5) is 5.69 Å². The minimum absolute atomic E-state index is 0.000486. The zero-order chi connectivity index (χ0) is 17.5. The molecular weight excluding hydrogens is 405 g/mol. The van der Waals surface area contributed by atoms with Crippen LogP contribution in [0.5, 0.6) is 0 Å². The van der Waals surface area contributed by atoms with Crippen molar-refractivity contribution < 1.29 is 13.6 Å². The summed E-state index contributed by atoms with van der Waals surface area (Å²) in [7, 11) is -3.66. The molecule has 1 N–H and O–H groups in total. The lowest BCUT2D eigenvalue weighted by Gasteiger charge is -2.21. The molecule has 0 aromatic carbocycles. The van der Waals surface area contributed by atoms with E-state index < -0.39 is 7.75 Å². The summed E-state index contributed by atoms with van der Waals surface area (Å²) >= 11 is 23.9. The third-order valence-corrected chi connectivity index (χ3v) is 5.78. The van der Waals surface area contributed by atoms with E-state index in [1.165, 1.54) is 0 Å². The molecule has 1 aromatic rings. The average Bonchev–Trinajstić information content (AvgIpc) is 2.50. The van der Waals surface area contributed by atoms with Crippen LogP contribution in [0, 0.1) is 0 Å². The van der Waals surface area contributed by atoms with Gasteiger partial charge in [-0.3, -0.25) is 14.1 Å². The van der Waals surface area contributed by atoms with Crippen molar-refractivity contribution >= 4 is 59.8 Å². The van der Waals surface area contributed by atoms with Crippen molar-refractivity contribution in [1.82, 2.24) is 4.98 Å². The van der Waals surface area contributed by atoms with Crippen LogP contribution in [0.25, 0.3) is 0 Å². The second-order valence-electron chi connectivity index (χ2n) is 4.68. The fraction of sp³-hybridized carbons (Fsp3) is 0.615. The highest BCUT2D eigenvalue weighted by Crippen LogP contribution is 2.52. The molecule has 1 aromatic heterocycles. The standard InChI is InChI=1S/C13H19Cl4N2O3P/c1-3-5-7-21-23(20,22-8-6-4-2)19-11-9(14)12(16)18-13(17)10(11)15/h3-8H2,1-2H3,(H,18,19,20). The van der Waals surface area contributed by atoms with Gasteiger partial charge in [-0.05, 0) is 12.8 Å². The molecule has 0 bridgehead atoms. The van der Waals surface area contributed by atoms with Crippen LogP contribution >= 0.6 is 54.2 Å². The number of rotatable bonds is 10. The number of unbranched alkanes of at least 4 members (excludes halogenated alkanes) is 2. The topological polar surface area (TPSA) is 60.5 Å². The van der Waals surface area contributed by atoms with E-state index >= 15 is 0 Å². The Kier molecular flexibility index (Phi) is 9.54. The maximum absolute atomic E-state index is 12.9. The molecule has 0 fully saturated rings. The largest absolute Gasteiger partial charge is 0.432 e. The molecule has 10 heteroatoms. The van der Waals surface area contributed by atoms with Gasteiger partial charge in [-0.25, -0.2) is 9.55 Å². The van der Waals surface area contributed by atoms with E-state index in [2.05, 4.69) is 10.1 Å². The highest BCUT2D eigenvalue weighted by molar-refractivity contribution is 7.55. The van der Waals surface area contributed by atoms with Gasteiger partial charge in [0.25, 0.3) is 0 Å². The first-order valence-corrected chi connectivity index (χ1v) is 10.3.